The Morgan fingerprint density at radius 2 is 1.96 bits per heavy atom. The Bertz CT molecular complexity index is 549. The number of carbonyl (C=O) groups is 1. The molecule has 0 aliphatic carbocycles. The van der Waals surface area contributed by atoms with E-state index in [0.29, 0.717) is 5.92 Å². The van der Waals surface area contributed by atoms with Crippen molar-refractivity contribution in [1.29, 1.82) is 0 Å². The number of unbranched alkanes of at least 4 members (excludes halogenated alkanes) is 3. The van der Waals surface area contributed by atoms with Gasteiger partial charge >= 0.3 is 0 Å². The SMILES string of the molecule is CCCCCCN1CCC(c2cccc(OC(C)(C)C(N)=O)c2)CC1. The molecule has 1 aliphatic heterocycles. The van der Waals surface area contributed by atoms with E-state index < -0.39 is 11.5 Å². The van der Waals surface area contributed by atoms with Gasteiger partial charge in [0.25, 0.3) is 5.91 Å². The highest BCUT2D eigenvalue weighted by Crippen LogP contribution is 2.31. The highest BCUT2D eigenvalue weighted by Gasteiger charge is 2.27. The molecule has 1 saturated heterocycles. The van der Waals surface area contributed by atoms with Crippen molar-refractivity contribution < 1.29 is 9.53 Å². The van der Waals surface area contributed by atoms with E-state index in [0.717, 1.165) is 5.75 Å². The van der Waals surface area contributed by atoms with Gasteiger partial charge in [-0.3, -0.25) is 4.79 Å². The molecular weight excluding hydrogens is 312 g/mol. The number of nitrogens with zero attached hydrogens (tertiary/aromatic N) is 1. The summed E-state index contributed by atoms with van der Waals surface area (Å²) in [6.07, 6.45) is 7.71. The first-order valence-electron chi connectivity index (χ1n) is 9.73. The summed E-state index contributed by atoms with van der Waals surface area (Å²) in [6.45, 7) is 9.26. The van der Waals surface area contributed by atoms with Crippen molar-refractivity contribution in [1.82, 2.24) is 4.90 Å². The van der Waals surface area contributed by atoms with Gasteiger partial charge in [-0.1, -0.05) is 38.3 Å². The summed E-state index contributed by atoms with van der Waals surface area (Å²) < 4.78 is 5.81. The summed E-state index contributed by atoms with van der Waals surface area (Å²) in [5.41, 5.74) is 5.73. The molecule has 1 heterocycles. The lowest BCUT2D eigenvalue weighted by Crippen LogP contribution is -2.43. The second kappa shape index (κ2) is 9.23. The fourth-order valence-electron chi connectivity index (χ4n) is 3.43. The first-order chi connectivity index (χ1) is 11.9. The fourth-order valence-corrected chi connectivity index (χ4v) is 3.43. The molecule has 2 rings (SSSR count). The van der Waals surface area contributed by atoms with E-state index in [9.17, 15) is 4.79 Å². The summed E-state index contributed by atoms with van der Waals surface area (Å²) in [5.74, 6) is 0.852. The van der Waals surface area contributed by atoms with Crippen molar-refractivity contribution in [3.63, 3.8) is 0 Å². The predicted molar refractivity (Wildman–Crippen MR) is 103 cm³/mol. The van der Waals surface area contributed by atoms with E-state index in [4.69, 9.17) is 10.5 Å². The molecule has 1 aromatic carbocycles. The number of carbonyl (C=O) groups excluding carboxylic acids is 1. The van der Waals surface area contributed by atoms with Gasteiger partial charge in [0, 0.05) is 0 Å². The van der Waals surface area contributed by atoms with Gasteiger partial charge in [-0.25, -0.2) is 0 Å². The zero-order chi connectivity index (χ0) is 18.3. The number of hydrogen-bond acceptors (Lipinski definition) is 3. The van der Waals surface area contributed by atoms with E-state index in [2.05, 4.69) is 24.0 Å². The highest BCUT2D eigenvalue weighted by atomic mass is 16.5. The number of rotatable bonds is 9. The average Bonchev–Trinajstić information content (AvgIpc) is 2.59. The van der Waals surface area contributed by atoms with E-state index in [1.165, 1.54) is 63.7 Å². The van der Waals surface area contributed by atoms with Crippen LogP contribution in [0.2, 0.25) is 0 Å². The largest absolute Gasteiger partial charge is 0.478 e. The molecule has 1 aromatic rings. The number of piperidine rings is 1. The van der Waals surface area contributed by atoms with E-state index in [1.54, 1.807) is 13.8 Å². The van der Waals surface area contributed by atoms with Gasteiger partial charge in [0.05, 0.1) is 0 Å². The van der Waals surface area contributed by atoms with Crippen LogP contribution in [0.1, 0.15) is 70.8 Å². The van der Waals surface area contributed by atoms with Gasteiger partial charge in [-0.15, -0.1) is 0 Å². The Balaban J connectivity index is 1.87. The summed E-state index contributed by atoms with van der Waals surface area (Å²) in [5, 5.41) is 0. The maximum absolute atomic E-state index is 11.5. The Kier molecular flexibility index (Phi) is 7.30. The second-order valence-corrected chi connectivity index (χ2v) is 7.73. The minimum absolute atomic E-state index is 0.450. The molecule has 0 bridgehead atoms. The molecule has 0 radical (unpaired) electrons. The van der Waals surface area contributed by atoms with Gasteiger partial charge < -0.3 is 15.4 Å². The first-order valence-corrected chi connectivity index (χ1v) is 9.73. The standard InChI is InChI=1S/C21H34N2O2/c1-4-5-6-7-13-23-14-11-17(12-15-23)18-9-8-10-19(16-18)25-21(2,3)20(22)24/h8-10,16-17H,4-7,11-15H2,1-3H3,(H2,22,24). The zero-order valence-electron chi connectivity index (χ0n) is 16.1. The predicted octanol–water partition coefficient (Wildman–Crippen LogP) is 4.09. The molecule has 0 atom stereocenters. The quantitative estimate of drug-likeness (QED) is 0.685. The maximum Gasteiger partial charge on any atom is 0.261 e. The monoisotopic (exact) mass is 346 g/mol. The lowest BCUT2D eigenvalue weighted by atomic mass is 9.89. The number of amides is 1. The molecule has 25 heavy (non-hydrogen) atoms. The van der Waals surface area contributed by atoms with Gasteiger partial charge in [0.2, 0.25) is 0 Å². The summed E-state index contributed by atoms with van der Waals surface area (Å²) in [6, 6.07) is 8.16. The number of likely N-dealkylation sites (tertiary alicyclic amines) is 1. The highest BCUT2D eigenvalue weighted by molar-refractivity contribution is 5.82. The molecule has 0 spiro atoms. The Labute approximate surface area is 152 Å². The smallest absolute Gasteiger partial charge is 0.261 e. The second-order valence-electron chi connectivity index (χ2n) is 7.73. The summed E-state index contributed by atoms with van der Waals surface area (Å²) >= 11 is 0. The maximum atomic E-state index is 11.5. The molecule has 2 N–H and O–H groups in total. The van der Waals surface area contributed by atoms with Crippen LogP contribution in [-0.4, -0.2) is 36.0 Å². The van der Waals surface area contributed by atoms with Crippen LogP contribution in [0.25, 0.3) is 0 Å². The van der Waals surface area contributed by atoms with Crippen LogP contribution < -0.4 is 10.5 Å². The third-order valence-electron chi connectivity index (χ3n) is 5.21. The van der Waals surface area contributed by atoms with Crippen LogP contribution in [0, 0.1) is 0 Å². The van der Waals surface area contributed by atoms with Crippen LogP contribution in [0.4, 0.5) is 0 Å². The number of ether oxygens (including phenoxy) is 1. The summed E-state index contributed by atoms with van der Waals surface area (Å²) in [4.78, 5) is 14.1. The van der Waals surface area contributed by atoms with Crippen molar-refractivity contribution >= 4 is 5.91 Å². The van der Waals surface area contributed by atoms with Crippen molar-refractivity contribution in [2.75, 3.05) is 19.6 Å². The van der Waals surface area contributed by atoms with Crippen molar-refractivity contribution in [2.45, 2.75) is 70.8 Å². The van der Waals surface area contributed by atoms with Crippen molar-refractivity contribution in [3.05, 3.63) is 29.8 Å². The fraction of sp³-hybridized carbons (Fsp3) is 0.667. The van der Waals surface area contributed by atoms with Crippen LogP contribution in [0.5, 0.6) is 5.75 Å². The van der Waals surface area contributed by atoms with Gasteiger partial charge in [0.1, 0.15) is 5.75 Å². The number of primary amides is 1. The topological polar surface area (TPSA) is 55.6 Å². The molecule has 1 aliphatic rings. The normalized spacial score (nSPS) is 16.8. The molecule has 0 aromatic heterocycles. The molecular formula is C21H34N2O2. The average molecular weight is 347 g/mol. The molecule has 140 valence electrons. The molecule has 0 unspecified atom stereocenters. The first kappa shape index (κ1) is 19.8. The molecule has 1 fully saturated rings. The zero-order valence-corrected chi connectivity index (χ0v) is 16.1. The van der Waals surface area contributed by atoms with Gasteiger partial charge in [-0.2, -0.15) is 0 Å². The minimum atomic E-state index is -0.986. The van der Waals surface area contributed by atoms with Gasteiger partial charge in [0.15, 0.2) is 5.60 Å². The third kappa shape index (κ3) is 6.03. The number of hydrogen-bond donors (Lipinski definition) is 1. The van der Waals surface area contributed by atoms with Crippen LogP contribution in [-0.2, 0) is 4.79 Å². The summed E-state index contributed by atoms with van der Waals surface area (Å²) in [7, 11) is 0. The molecule has 4 nitrogen and oxygen atoms in total. The number of nitrogens with two attached hydrogens (primary N) is 1. The van der Waals surface area contributed by atoms with Crippen LogP contribution >= 0.6 is 0 Å². The Hall–Kier alpha value is -1.55. The van der Waals surface area contributed by atoms with Gasteiger partial charge in [-0.05, 0) is 76.4 Å². The van der Waals surface area contributed by atoms with Crippen molar-refractivity contribution in [2.24, 2.45) is 5.73 Å². The Morgan fingerprint density at radius 1 is 1.24 bits per heavy atom. The lowest BCUT2D eigenvalue weighted by Gasteiger charge is -2.32. The third-order valence-corrected chi connectivity index (χ3v) is 5.21. The van der Waals surface area contributed by atoms with E-state index >= 15 is 0 Å². The number of benzene rings is 1. The molecule has 1 amide bonds. The van der Waals surface area contributed by atoms with Crippen LogP contribution in [0.15, 0.2) is 24.3 Å². The van der Waals surface area contributed by atoms with Crippen molar-refractivity contribution in [3.8, 4) is 5.75 Å². The van der Waals surface area contributed by atoms with E-state index in [-0.39, 0.29) is 0 Å². The van der Waals surface area contributed by atoms with Crippen LogP contribution in [0.3, 0.4) is 0 Å². The Morgan fingerprint density at radius 3 is 2.60 bits per heavy atom. The molecule has 0 saturated carbocycles. The molecule has 4 heteroatoms. The van der Waals surface area contributed by atoms with E-state index in [1.807, 2.05) is 12.1 Å². The minimum Gasteiger partial charge on any atom is -0.478 e. The lowest BCUT2D eigenvalue weighted by molar-refractivity contribution is -0.130.